The van der Waals surface area contributed by atoms with Crippen molar-refractivity contribution in [3.05, 3.63) is 21.9 Å². The molecule has 3 heterocycles. The van der Waals surface area contributed by atoms with Crippen LogP contribution in [0, 0.1) is 5.41 Å². The largest absolute Gasteiger partial charge is 0.384 e. The molecule has 21 heavy (non-hydrogen) atoms. The number of ether oxygens (including phenoxy) is 1. The topological polar surface area (TPSA) is 41.6 Å². The first-order valence-corrected chi connectivity index (χ1v) is 8.63. The van der Waals surface area contributed by atoms with Gasteiger partial charge < -0.3 is 15.0 Å². The van der Waals surface area contributed by atoms with Gasteiger partial charge in [-0.25, -0.2) is 0 Å². The highest BCUT2D eigenvalue weighted by Crippen LogP contribution is 2.38. The average molecular weight is 308 g/mol. The van der Waals surface area contributed by atoms with Crippen molar-refractivity contribution in [2.45, 2.75) is 32.2 Å². The number of hydrogen-bond acceptors (Lipinski definition) is 4. The first kappa shape index (κ1) is 15.0. The van der Waals surface area contributed by atoms with Crippen LogP contribution >= 0.6 is 11.3 Å². The number of nitrogens with zero attached hydrogens (tertiary/aromatic N) is 1. The van der Waals surface area contributed by atoms with Crippen LogP contribution in [0.15, 0.2) is 11.4 Å². The summed E-state index contributed by atoms with van der Waals surface area (Å²) in [4.78, 5) is 16.8. The van der Waals surface area contributed by atoms with Crippen molar-refractivity contribution in [3.8, 4) is 0 Å². The zero-order valence-corrected chi connectivity index (χ0v) is 13.7. The number of carbonyl (C=O) groups is 1. The Morgan fingerprint density at radius 1 is 1.52 bits per heavy atom. The van der Waals surface area contributed by atoms with E-state index in [1.54, 1.807) is 7.11 Å². The van der Waals surface area contributed by atoms with Gasteiger partial charge in [-0.2, -0.15) is 0 Å². The zero-order valence-electron chi connectivity index (χ0n) is 12.9. The third kappa shape index (κ3) is 2.62. The summed E-state index contributed by atoms with van der Waals surface area (Å²) in [5.74, 6) is 0.287. The maximum absolute atomic E-state index is 13.2. The van der Waals surface area contributed by atoms with Crippen molar-refractivity contribution < 1.29 is 9.53 Å². The average Bonchev–Trinajstić information content (AvgIpc) is 2.98. The second-order valence-electron chi connectivity index (χ2n) is 6.19. The highest BCUT2D eigenvalue weighted by Gasteiger charge is 2.44. The number of thiophene rings is 1. The van der Waals surface area contributed by atoms with Crippen LogP contribution in [0.4, 0.5) is 0 Å². The minimum atomic E-state index is -0.332. The molecule has 1 unspecified atom stereocenters. The summed E-state index contributed by atoms with van der Waals surface area (Å²) in [7, 11) is 1.70. The fraction of sp³-hybridized carbons (Fsp3) is 0.688. The molecule has 1 saturated heterocycles. The summed E-state index contributed by atoms with van der Waals surface area (Å²) in [6.45, 7) is 5.34. The SMILES string of the molecule is COCC1(C(=O)N2CCc3sccc3C2C)CCNCC1. The number of fused-ring (bicyclic) bond motifs is 1. The second-order valence-corrected chi connectivity index (χ2v) is 7.19. The van der Waals surface area contributed by atoms with Gasteiger partial charge in [0, 0.05) is 18.5 Å². The molecule has 0 bridgehead atoms. The summed E-state index contributed by atoms with van der Waals surface area (Å²) in [5, 5.41) is 5.50. The molecule has 1 atom stereocenters. The van der Waals surface area contributed by atoms with Crippen molar-refractivity contribution in [1.29, 1.82) is 0 Å². The fourth-order valence-electron chi connectivity index (χ4n) is 3.69. The van der Waals surface area contributed by atoms with Gasteiger partial charge in [0.2, 0.25) is 5.91 Å². The molecular weight excluding hydrogens is 284 g/mol. The van der Waals surface area contributed by atoms with Gasteiger partial charge in [-0.3, -0.25) is 4.79 Å². The summed E-state index contributed by atoms with van der Waals surface area (Å²) in [5.41, 5.74) is 1.00. The second kappa shape index (κ2) is 6.07. The van der Waals surface area contributed by atoms with Gasteiger partial charge in [-0.1, -0.05) is 0 Å². The van der Waals surface area contributed by atoms with E-state index in [-0.39, 0.29) is 17.4 Å². The molecule has 1 amide bonds. The molecule has 0 aromatic carbocycles. The van der Waals surface area contributed by atoms with E-state index in [0.29, 0.717) is 6.61 Å². The fourth-order valence-corrected chi connectivity index (χ4v) is 4.66. The molecule has 2 aliphatic heterocycles. The maximum Gasteiger partial charge on any atom is 0.231 e. The molecule has 0 spiro atoms. The molecule has 1 N–H and O–H groups in total. The number of hydrogen-bond donors (Lipinski definition) is 1. The standard InChI is InChI=1S/C16H24N2O2S/c1-12-13-4-10-21-14(13)3-9-18(12)15(19)16(11-20-2)5-7-17-8-6-16/h4,10,12,17H,3,5-9,11H2,1-2H3. The van der Waals surface area contributed by atoms with Crippen molar-refractivity contribution in [1.82, 2.24) is 10.2 Å². The summed E-state index contributed by atoms with van der Waals surface area (Å²) >= 11 is 1.82. The lowest BCUT2D eigenvalue weighted by atomic mass is 9.77. The van der Waals surface area contributed by atoms with Crippen LogP contribution in [0.25, 0.3) is 0 Å². The van der Waals surface area contributed by atoms with Gasteiger partial charge in [0.25, 0.3) is 0 Å². The quantitative estimate of drug-likeness (QED) is 0.931. The Hall–Kier alpha value is -0.910. The molecule has 1 aromatic heterocycles. The Morgan fingerprint density at radius 2 is 2.29 bits per heavy atom. The van der Waals surface area contributed by atoms with E-state index in [1.807, 2.05) is 11.3 Å². The van der Waals surface area contributed by atoms with Crippen LogP contribution in [0.3, 0.4) is 0 Å². The van der Waals surface area contributed by atoms with Crippen LogP contribution in [-0.4, -0.2) is 44.2 Å². The maximum atomic E-state index is 13.2. The van der Waals surface area contributed by atoms with Crippen LogP contribution in [-0.2, 0) is 16.0 Å². The highest BCUT2D eigenvalue weighted by molar-refractivity contribution is 7.10. The molecule has 0 saturated carbocycles. The third-order valence-electron chi connectivity index (χ3n) is 4.97. The number of rotatable bonds is 3. The molecule has 5 heteroatoms. The van der Waals surface area contributed by atoms with Crippen molar-refractivity contribution in [2.75, 3.05) is 33.4 Å². The monoisotopic (exact) mass is 308 g/mol. The highest BCUT2D eigenvalue weighted by atomic mass is 32.1. The summed E-state index contributed by atoms with van der Waals surface area (Å²) in [6.07, 6.45) is 2.74. The van der Waals surface area contributed by atoms with E-state index in [2.05, 4.69) is 28.6 Å². The Labute approximate surface area is 130 Å². The number of nitrogens with one attached hydrogen (secondary N) is 1. The van der Waals surface area contributed by atoms with Gasteiger partial charge in [-0.15, -0.1) is 11.3 Å². The Kier molecular flexibility index (Phi) is 4.33. The molecule has 0 aliphatic carbocycles. The predicted molar refractivity (Wildman–Crippen MR) is 84.6 cm³/mol. The Morgan fingerprint density at radius 3 is 3.00 bits per heavy atom. The van der Waals surface area contributed by atoms with Gasteiger partial charge in [-0.05, 0) is 56.3 Å². The van der Waals surface area contributed by atoms with Crippen LogP contribution in [0.2, 0.25) is 0 Å². The third-order valence-corrected chi connectivity index (χ3v) is 5.97. The lowest BCUT2D eigenvalue weighted by molar-refractivity contribution is -0.150. The molecule has 116 valence electrons. The number of amides is 1. The molecule has 2 aliphatic rings. The first-order chi connectivity index (χ1) is 10.2. The number of carbonyl (C=O) groups excluding carboxylic acids is 1. The Balaban J connectivity index is 1.83. The number of piperidine rings is 1. The lowest BCUT2D eigenvalue weighted by Gasteiger charge is -2.43. The zero-order chi connectivity index (χ0) is 14.9. The predicted octanol–water partition coefficient (Wildman–Crippen LogP) is 2.21. The first-order valence-electron chi connectivity index (χ1n) is 7.75. The van der Waals surface area contributed by atoms with Crippen molar-refractivity contribution in [3.63, 3.8) is 0 Å². The van der Waals surface area contributed by atoms with E-state index in [4.69, 9.17) is 4.74 Å². The summed E-state index contributed by atoms with van der Waals surface area (Å²) in [6, 6.07) is 2.37. The van der Waals surface area contributed by atoms with Crippen LogP contribution in [0.1, 0.15) is 36.2 Å². The van der Waals surface area contributed by atoms with Gasteiger partial charge in [0.05, 0.1) is 18.1 Å². The van der Waals surface area contributed by atoms with E-state index in [9.17, 15) is 4.79 Å². The molecule has 0 radical (unpaired) electrons. The van der Waals surface area contributed by atoms with Crippen LogP contribution in [0.5, 0.6) is 0 Å². The lowest BCUT2D eigenvalue weighted by Crippen LogP contribution is -2.53. The molecular formula is C16H24N2O2S. The molecule has 1 aromatic rings. The van der Waals surface area contributed by atoms with Crippen molar-refractivity contribution >= 4 is 17.2 Å². The Bertz CT molecular complexity index is 503. The minimum absolute atomic E-state index is 0.191. The van der Waals surface area contributed by atoms with Crippen molar-refractivity contribution in [2.24, 2.45) is 5.41 Å². The minimum Gasteiger partial charge on any atom is -0.384 e. The van der Waals surface area contributed by atoms with Gasteiger partial charge in [0.1, 0.15) is 0 Å². The normalized spacial score (nSPS) is 24.7. The van der Waals surface area contributed by atoms with E-state index >= 15 is 0 Å². The van der Waals surface area contributed by atoms with Crippen LogP contribution < -0.4 is 5.32 Å². The molecule has 1 fully saturated rings. The molecule has 4 nitrogen and oxygen atoms in total. The number of methoxy groups -OCH3 is 1. The van der Waals surface area contributed by atoms with E-state index in [0.717, 1.165) is 38.9 Å². The van der Waals surface area contributed by atoms with Gasteiger partial charge in [0.15, 0.2) is 0 Å². The summed E-state index contributed by atoms with van der Waals surface area (Å²) < 4.78 is 5.41. The molecule has 3 rings (SSSR count). The smallest absolute Gasteiger partial charge is 0.231 e. The van der Waals surface area contributed by atoms with E-state index < -0.39 is 0 Å². The van der Waals surface area contributed by atoms with Gasteiger partial charge >= 0.3 is 0 Å². The van der Waals surface area contributed by atoms with E-state index in [1.165, 1.54) is 10.4 Å².